The van der Waals surface area contributed by atoms with E-state index >= 15 is 0 Å². The van der Waals surface area contributed by atoms with E-state index < -0.39 is 5.97 Å². The second kappa shape index (κ2) is 12.6. The van der Waals surface area contributed by atoms with Gasteiger partial charge in [-0.05, 0) is 36.4 Å². The first kappa shape index (κ1) is 26.5. The quantitative estimate of drug-likeness (QED) is 0.267. The van der Waals surface area contributed by atoms with Crippen LogP contribution in [-0.2, 0) is 29.2 Å². The lowest BCUT2D eigenvalue weighted by Gasteiger charge is -2.12. The van der Waals surface area contributed by atoms with Gasteiger partial charge in [-0.3, -0.25) is 4.79 Å². The molecule has 1 amide bonds. The Labute approximate surface area is 223 Å². The third kappa shape index (κ3) is 6.80. The molecule has 4 rings (SSSR count). The van der Waals surface area contributed by atoms with Crippen LogP contribution in [0.15, 0.2) is 71.3 Å². The number of esters is 1. The number of ether oxygens (including phenoxy) is 4. The van der Waals surface area contributed by atoms with Gasteiger partial charge in [0.2, 0.25) is 5.91 Å². The van der Waals surface area contributed by atoms with E-state index in [4.69, 9.17) is 35.1 Å². The average molecular weight is 538 g/mol. The molecule has 1 N–H and O–H groups in total. The third-order valence-electron chi connectivity index (χ3n) is 5.28. The SMILES string of the molecule is COc1ccccc1NC(=O)Cc1noc(COC(=O)c2ccc(OCc3ccccc3Cl)c(OC)c2)n1. The minimum absolute atomic E-state index is 0.0464. The number of carbonyl (C=O) groups is 2. The molecule has 0 atom stereocenters. The van der Waals surface area contributed by atoms with Crippen molar-refractivity contribution in [3.8, 4) is 17.2 Å². The molecule has 1 aromatic heterocycles. The monoisotopic (exact) mass is 537 g/mol. The number of rotatable bonds is 11. The number of hydrogen-bond donors (Lipinski definition) is 1. The summed E-state index contributed by atoms with van der Waals surface area (Å²) in [6, 6.07) is 19.0. The summed E-state index contributed by atoms with van der Waals surface area (Å²) in [4.78, 5) is 29.0. The fraction of sp³-hybridized carbons (Fsp3) is 0.185. The van der Waals surface area contributed by atoms with Crippen LogP contribution in [-0.4, -0.2) is 36.2 Å². The van der Waals surface area contributed by atoms with Gasteiger partial charge in [0, 0.05) is 10.6 Å². The van der Waals surface area contributed by atoms with Crippen LogP contribution in [0.3, 0.4) is 0 Å². The van der Waals surface area contributed by atoms with Gasteiger partial charge in [0.15, 0.2) is 23.9 Å². The van der Waals surface area contributed by atoms with Crippen LogP contribution < -0.4 is 19.5 Å². The molecular formula is C27H24ClN3O7. The number of amides is 1. The Bertz CT molecular complexity index is 1420. The van der Waals surface area contributed by atoms with Crippen molar-refractivity contribution in [2.45, 2.75) is 19.6 Å². The summed E-state index contributed by atoms with van der Waals surface area (Å²) >= 11 is 6.17. The topological polar surface area (TPSA) is 122 Å². The first-order valence-corrected chi connectivity index (χ1v) is 11.8. The maximum absolute atomic E-state index is 12.6. The van der Waals surface area contributed by atoms with Crippen LogP contribution in [0.2, 0.25) is 5.02 Å². The van der Waals surface area contributed by atoms with Crippen LogP contribution in [0.1, 0.15) is 27.6 Å². The molecule has 0 spiro atoms. The Balaban J connectivity index is 1.30. The number of benzene rings is 3. The number of para-hydroxylation sites is 2. The smallest absolute Gasteiger partial charge is 0.338 e. The minimum Gasteiger partial charge on any atom is -0.495 e. The maximum Gasteiger partial charge on any atom is 0.338 e. The van der Waals surface area contributed by atoms with Gasteiger partial charge in [-0.2, -0.15) is 4.98 Å². The van der Waals surface area contributed by atoms with Crippen molar-refractivity contribution in [2.75, 3.05) is 19.5 Å². The van der Waals surface area contributed by atoms with Gasteiger partial charge in [0.05, 0.1) is 31.9 Å². The molecule has 1 heterocycles. The standard InChI is InChI=1S/C27H24ClN3O7/c1-34-21-10-6-5-9-20(21)29-25(32)14-24-30-26(38-31-24)16-37-27(33)17-11-12-22(23(13-17)35-2)36-15-18-7-3-4-8-19(18)28/h3-13H,14-16H2,1-2H3,(H,29,32). The van der Waals surface area contributed by atoms with Crippen molar-refractivity contribution < 1.29 is 33.1 Å². The first-order valence-electron chi connectivity index (χ1n) is 11.4. The molecule has 0 radical (unpaired) electrons. The van der Waals surface area contributed by atoms with Gasteiger partial charge in [-0.15, -0.1) is 0 Å². The second-order valence-electron chi connectivity index (χ2n) is 7.85. The molecule has 38 heavy (non-hydrogen) atoms. The van der Waals surface area contributed by atoms with Crippen molar-refractivity contribution >= 4 is 29.2 Å². The number of nitrogens with zero attached hydrogens (tertiary/aromatic N) is 2. The van der Waals surface area contributed by atoms with Gasteiger partial charge < -0.3 is 28.8 Å². The average Bonchev–Trinajstić information content (AvgIpc) is 3.38. The maximum atomic E-state index is 12.6. The molecule has 4 aromatic rings. The number of carbonyl (C=O) groups excluding carboxylic acids is 2. The molecule has 0 unspecified atom stereocenters. The third-order valence-corrected chi connectivity index (χ3v) is 5.65. The van der Waals surface area contributed by atoms with Crippen LogP contribution in [0.25, 0.3) is 0 Å². The van der Waals surface area contributed by atoms with Crippen molar-refractivity contribution in [3.05, 3.63) is 94.6 Å². The zero-order valence-electron chi connectivity index (χ0n) is 20.6. The summed E-state index contributed by atoms with van der Waals surface area (Å²) in [5.74, 6) is 0.524. The van der Waals surface area contributed by atoms with Crippen molar-refractivity contribution in [1.29, 1.82) is 0 Å². The molecular weight excluding hydrogens is 514 g/mol. The van der Waals surface area contributed by atoms with E-state index in [0.717, 1.165) is 5.56 Å². The zero-order valence-corrected chi connectivity index (χ0v) is 21.4. The van der Waals surface area contributed by atoms with Gasteiger partial charge in [-0.25, -0.2) is 4.79 Å². The highest BCUT2D eigenvalue weighted by atomic mass is 35.5. The lowest BCUT2D eigenvalue weighted by Crippen LogP contribution is -2.15. The Kier molecular flexibility index (Phi) is 8.78. The lowest BCUT2D eigenvalue weighted by molar-refractivity contribution is -0.115. The fourth-order valence-corrected chi connectivity index (χ4v) is 3.59. The number of nitrogens with one attached hydrogen (secondary N) is 1. The molecule has 0 saturated carbocycles. The molecule has 10 nitrogen and oxygen atoms in total. The molecule has 0 aliphatic rings. The molecule has 0 fully saturated rings. The molecule has 0 saturated heterocycles. The predicted molar refractivity (Wildman–Crippen MR) is 138 cm³/mol. The fourth-order valence-electron chi connectivity index (χ4n) is 3.40. The first-order chi connectivity index (χ1) is 18.5. The number of methoxy groups -OCH3 is 2. The van der Waals surface area contributed by atoms with E-state index in [1.165, 1.54) is 20.3 Å². The van der Waals surface area contributed by atoms with Crippen LogP contribution >= 0.6 is 11.6 Å². The summed E-state index contributed by atoms with van der Waals surface area (Å²) in [5, 5.41) is 7.08. The van der Waals surface area contributed by atoms with Crippen LogP contribution in [0.5, 0.6) is 17.2 Å². The van der Waals surface area contributed by atoms with Gasteiger partial charge >= 0.3 is 5.97 Å². The highest BCUT2D eigenvalue weighted by molar-refractivity contribution is 6.31. The molecule has 11 heteroatoms. The highest BCUT2D eigenvalue weighted by Gasteiger charge is 2.17. The van der Waals surface area contributed by atoms with Gasteiger partial charge in [0.1, 0.15) is 12.4 Å². The Morgan fingerprint density at radius 3 is 2.47 bits per heavy atom. The predicted octanol–water partition coefficient (Wildman–Crippen LogP) is 4.86. The summed E-state index contributed by atoms with van der Waals surface area (Å²) < 4.78 is 26.8. The number of anilines is 1. The second-order valence-corrected chi connectivity index (χ2v) is 8.26. The van der Waals surface area contributed by atoms with E-state index in [9.17, 15) is 9.59 Å². The van der Waals surface area contributed by atoms with E-state index in [-0.39, 0.29) is 42.8 Å². The highest BCUT2D eigenvalue weighted by Crippen LogP contribution is 2.30. The van der Waals surface area contributed by atoms with E-state index in [0.29, 0.717) is 28.0 Å². The van der Waals surface area contributed by atoms with Crippen molar-refractivity contribution in [3.63, 3.8) is 0 Å². The van der Waals surface area contributed by atoms with Crippen LogP contribution in [0, 0.1) is 0 Å². The molecule has 0 aliphatic heterocycles. The Morgan fingerprint density at radius 2 is 1.68 bits per heavy atom. The molecule has 0 bridgehead atoms. The van der Waals surface area contributed by atoms with Gasteiger partial charge in [-0.1, -0.05) is 47.1 Å². The van der Waals surface area contributed by atoms with E-state index in [1.807, 2.05) is 18.2 Å². The minimum atomic E-state index is -0.630. The number of aromatic nitrogens is 2. The largest absolute Gasteiger partial charge is 0.495 e. The van der Waals surface area contributed by atoms with E-state index in [2.05, 4.69) is 15.5 Å². The summed E-state index contributed by atoms with van der Waals surface area (Å²) in [6.07, 6.45) is -0.137. The zero-order chi connectivity index (χ0) is 26.9. The number of hydrogen-bond acceptors (Lipinski definition) is 9. The van der Waals surface area contributed by atoms with Crippen molar-refractivity contribution in [2.24, 2.45) is 0 Å². The van der Waals surface area contributed by atoms with E-state index in [1.54, 1.807) is 42.5 Å². The molecule has 3 aromatic carbocycles. The summed E-state index contributed by atoms with van der Waals surface area (Å²) in [7, 11) is 2.98. The van der Waals surface area contributed by atoms with Crippen molar-refractivity contribution in [1.82, 2.24) is 10.1 Å². The number of halogens is 1. The lowest BCUT2D eigenvalue weighted by atomic mass is 10.2. The molecule has 196 valence electrons. The van der Waals surface area contributed by atoms with Gasteiger partial charge in [0.25, 0.3) is 5.89 Å². The summed E-state index contributed by atoms with van der Waals surface area (Å²) in [6.45, 7) is -0.0384. The Hall–Kier alpha value is -4.57. The Morgan fingerprint density at radius 1 is 0.921 bits per heavy atom. The molecule has 0 aliphatic carbocycles. The summed E-state index contributed by atoms with van der Waals surface area (Å²) in [5.41, 5.74) is 1.58. The normalized spacial score (nSPS) is 10.5. The van der Waals surface area contributed by atoms with Crippen LogP contribution in [0.4, 0.5) is 5.69 Å².